The smallest absolute Gasteiger partial charge is 0.289 e. The van der Waals surface area contributed by atoms with E-state index in [4.69, 9.17) is 11.6 Å². The number of halogens is 1. The quantitative estimate of drug-likeness (QED) is 0.690. The van der Waals surface area contributed by atoms with Gasteiger partial charge in [0.25, 0.3) is 11.6 Å². The molecule has 0 atom stereocenters. The molecule has 1 N–H and O–H groups in total. The minimum absolute atomic E-state index is 0.0373. The van der Waals surface area contributed by atoms with Gasteiger partial charge in [0.15, 0.2) is 0 Å². The number of carbonyl (C=O) groups is 1. The topological polar surface area (TPSA) is 72.2 Å². The maximum atomic E-state index is 12.0. The van der Waals surface area contributed by atoms with Gasteiger partial charge in [-0.15, -0.1) is 11.3 Å². The third-order valence-electron chi connectivity index (χ3n) is 2.47. The minimum Gasteiger partial charge on any atom is -0.321 e. The van der Waals surface area contributed by atoms with Crippen molar-refractivity contribution >= 4 is 40.2 Å². The highest BCUT2D eigenvalue weighted by molar-refractivity contribution is 7.12. The Bertz CT molecular complexity index is 654. The summed E-state index contributed by atoms with van der Waals surface area (Å²) in [6, 6.07) is 5.99. The fourth-order valence-electron chi connectivity index (χ4n) is 1.52. The Balaban J connectivity index is 2.25. The fourth-order valence-corrected chi connectivity index (χ4v) is 2.53. The highest BCUT2D eigenvalue weighted by Crippen LogP contribution is 2.28. The molecule has 0 aliphatic carbocycles. The normalized spacial score (nSPS) is 10.2. The predicted molar refractivity (Wildman–Crippen MR) is 75.1 cm³/mol. The molecule has 0 spiro atoms. The number of nitrogens with one attached hydrogen (secondary N) is 1. The molecule has 2 rings (SSSR count). The first-order valence-electron chi connectivity index (χ1n) is 5.28. The van der Waals surface area contributed by atoms with E-state index in [1.807, 2.05) is 18.4 Å². The lowest BCUT2D eigenvalue weighted by Crippen LogP contribution is -2.11. The highest BCUT2D eigenvalue weighted by atomic mass is 35.5. The number of rotatable bonds is 3. The van der Waals surface area contributed by atoms with Crippen molar-refractivity contribution in [2.75, 3.05) is 5.32 Å². The Hall–Kier alpha value is -1.92. The summed E-state index contributed by atoms with van der Waals surface area (Å²) in [5.41, 5.74) is 0.974. The molecular weight excluding hydrogens is 288 g/mol. The second-order valence-corrected chi connectivity index (χ2v) is 5.13. The van der Waals surface area contributed by atoms with Crippen LogP contribution in [-0.2, 0) is 0 Å². The van der Waals surface area contributed by atoms with Crippen LogP contribution in [0, 0.1) is 17.0 Å². The first-order valence-corrected chi connectivity index (χ1v) is 6.54. The Morgan fingerprint density at radius 1 is 1.42 bits per heavy atom. The van der Waals surface area contributed by atoms with Crippen LogP contribution >= 0.6 is 22.9 Å². The molecule has 0 unspecified atom stereocenters. The Labute approximate surface area is 118 Å². The molecule has 5 nitrogen and oxygen atoms in total. The minimum atomic E-state index is -0.589. The fraction of sp³-hybridized carbons (Fsp3) is 0.0833. The van der Waals surface area contributed by atoms with Gasteiger partial charge in [-0.1, -0.05) is 11.6 Å². The monoisotopic (exact) mass is 296 g/mol. The third kappa shape index (κ3) is 2.91. The summed E-state index contributed by atoms with van der Waals surface area (Å²) in [6.07, 6.45) is 0. The molecule has 1 aromatic carbocycles. The van der Waals surface area contributed by atoms with E-state index >= 15 is 0 Å². The molecule has 19 heavy (non-hydrogen) atoms. The van der Waals surface area contributed by atoms with E-state index in [0.717, 1.165) is 5.56 Å². The SMILES string of the molecule is Cc1ccsc1C(=O)Nc1ccc(Cl)c([N+](=O)[O-])c1. The zero-order chi connectivity index (χ0) is 14.0. The van der Waals surface area contributed by atoms with E-state index in [0.29, 0.717) is 10.6 Å². The number of hydrogen-bond donors (Lipinski definition) is 1. The molecule has 1 amide bonds. The molecule has 0 bridgehead atoms. The predicted octanol–water partition coefficient (Wildman–Crippen LogP) is 3.87. The summed E-state index contributed by atoms with van der Waals surface area (Å²) in [4.78, 5) is 22.7. The summed E-state index contributed by atoms with van der Waals surface area (Å²) < 4.78 is 0. The molecule has 0 aliphatic rings. The van der Waals surface area contributed by atoms with Gasteiger partial charge < -0.3 is 5.32 Å². The first-order chi connectivity index (χ1) is 8.99. The lowest BCUT2D eigenvalue weighted by molar-refractivity contribution is -0.384. The van der Waals surface area contributed by atoms with Crippen molar-refractivity contribution in [3.8, 4) is 0 Å². The van der Waals surface area contributed by atoms with Crippen LogP contribution in [0.2, 0.25) is 5.02 Å². The maximum Gasteiger partial charge on any atom is 0.289 e. The van der Waals surface area contributed by atoms with Gasteiger partial charge >= 0.3 is 0 Å². The molecule has 0 saturated heterocycles. The molecule has 0 fully saturated rings. The third-order valence-corrected chi connectivity index (χ3v) is 3.80. The standard InChI is InChI=1S/C12H9ClN2O3S/c1-7-4-5-19-11(7)12(16)14-8-2-3-9(13)10(6-8)15(17)18/h2-6H,1H3,(H,14,16). The molecule has 1 aromatic heterocycles. The number of aryl methyl sites for hydroxylation is 1. The molecular formula is C12H9ClN2O3S. The zero-order valence-corrected chi connectivity index (χ0v) is 11.4. The lowest BCUT2D eigenvalue weighted by atomic mass is 10.2. The number of benzene rings is 1. The molecule has 0 radical (unpaired) electrons. The Kier molecular flexibility index (Phi) is 3.82. The van der Waals surface area contributed by atoms with E-state index in [1.54, 1.807) is 0 Å². The number of carbonyl (C=O) groups excluding carboxylic acids is 1. The molecule has 98 valence electrons. The van der Waals surface area contributed by atoms with Crippen molar-refractivity contribution < 1.29 is 9.72 Å². The summed E-state index contributed by atoms with van der Waals surface area (Å²) in [6.45, 7) is 1.83. The van der Waals surface area contributed by atoms with Gasteiger partial charge in [0.05, 0.1) is 9.80 Å². The van der Waals surface area contributed by atoms with Gasteiger partial charge in [-0.3, -0.25) is 14.9 Å². The van der Waals surface area contributed by atoms with E-state index in [-0.39, 0.29) is 16.6 Å². The number of anilines is 1. The van der Waals surface area contributed by atoms with Crippen molar-refractivity contribution in [3.63, 3.8) is 0 Å². The van der Waals surface area contributed by atoms with E-state index < -0.39 is 4.92 Å². The summed E-state index contributed by atoms with van der Waals surface area (Å²) in [7, 11) is 0. The van der Waals surface area contributed by atoms with Crippen molar-refractivity contribution in [1.82, 2.24) is 0 Å². The molecule has 7 heteroatoms. The van der Waals surface area contributed by atoms with Gasteiger partial charge in [0.2, 0.25) is 0 Å². The van der Waals surface area contributed by atoms with E-state index in [2.05, 4.69) is 5.32 Å². The van der Waals surface area contributed by atoms with Gasteiger partial charge in [-0.05, 0) is 36.1 Å². The van der Waals surface area contributed by atoms with Gasteiger partial charge in [-0.25, -0.2) is 0 Å². The molecule has 2 aromatic rings. The maximum absolute atomic E-state index is 12.0. The van der Waals surface area contributed by atoms with Crippen molar-refractivity contribution in [1.29, 1.82) is 0 Å². The Morgan fingerprint density at radius 2 is 2.16 bits per heavy atom. The second-order valence-electron chi connectivity index (χ2n) is 3.81. The number of nitro groups is 1. The van der Waals surface area contributed by atoms with Gasteiger partial charge in [0.1, 0.15) is 5.02 Å². The number of nitro benzene ring substituents is 1. The number of hydrogen-bond acceptors (Lipinski definition) is 4. The summed E-state index contributed by atoms with van der Waals surface area (Å²) in [5.74, 6) is -0.288. The van der Waals surface area contributed by atoms with Crippen LogP contribution in [0.3, 0.4) is 0 Å². The molecule has 1 heterocycles. The first kappa shape index (κ1) is 13.5. The van der Waals surface area contributed by atoms with Gasteiger partial charge in [-0.2, -0.15) is 0 Å². The summed E-state index contributed by atoms with van der Waals surface area (Å²) in [5, 5.41) is 15.2. The van der Waals surface area contributed by atoms with E-state index in [1.165, 1.54) is 29.5 Å². The lowest BCUT2D eigenvalue weighted by Gasteiger charge is -2.05. The highest BCUT2D eigenvalue weighted by Gasteiger charge is 2.15. The zero-order valence-electron chi connectivity index (χ0n) is 9.84. The average Bonchev–Trinajstić information content (AvgIpc) is 2.77. The average molecular weight is 297 g/mol. The van der Waals surface area contributed by atoms with Gasteiger partial charge in [0, 0.05) is 11.8 Å². The van der Waals surface area contributed by atoms with Crippen molar-refractivity contribution in [3.05, 3.63) is 55.2 Å². The van der Waals surface area contributed by atoms with Crippen LogP contribution in [0.1, 0.15) is 15.2 Å². The molecule has 0 saturated carbocycles. The van der Waals surface area contributed by atoms with Crippen LogP contribution in [0.5, 0.6) is 0 Å². The second kappa shape index (κ2) is 5.38. The van der Waals surface area contributed by atoms with Crippen LogP contribution in [0.15, 0.2) is 29.6 Å². The Morgan fingerprint density at radius 3 is 2.74 bits per heavy atom. The largest absolute Gasteiger partial charge is 0.321 e. The number of nitrogens with zero attached hydrogens (tertiary/aromatic N) is 1. The number of thiophene rings is 1. The molecule has 0 aliphatic heterocycles. The van der Waals surface area contributed by atoms with E-state index in [9.17, 15) is 14.9 Å². The van der Waals surface area contributed by atoms with Crippen LogP contribution in [-0.4, -0.2) is 10.8 Å². The van der Waals surface area contributed by atoms with Crippen LogP contribution < -0.4 is 5.32 Å². The van der Waals surface area contributed by atoms with Crippen molar-refractivity contribution in [2.24, 2.45) is 0 Å². The van der Waals surface area contributed by atoms with Crippen LogP contribution in [0.4, 0.5) is 11.4 Å². The van der Waals surface area contributed by atoms with Crippen molar-refractivity contribution in [2.45, 2.75) is 6.92 Å². The number of amides is 1. The van der Waals surface area contributed by atoms with Crippen LogP contribution in [0.25, 0.3) is 0 Å². The summed E-state index contributed by atoms with van der Waals surface area (Å²) >= 11 is 7.02.